The Morgan fingerprint density at radius 3 is 2.43 bits per heavy atom. The maximum Gasteiger partial charge on any atom is 0.416 e. The van der Waals surface area contributed by atoms with Gasteiger partial charge in [0.25, 0.3) is 5.91 Å². The third-order valence-electron chi connectivity index (χ3n) is 3.31. The van der Waals surface area contributed by atoms with E-state index in [2.05, 4.69) is 10.7 Å². The molecule has 0 saturated heterocycles. The molecule has 0 aliphatic rings. The molecule has 0 fully saturated rings. The standard InChI is InChI=1S/C17H14Cl2F3N3O3/c1-9(28-14-6-5-11(18)8-13(14)19)15(26)24-25-16(27)23-12-4-2-3-10(7-12)17(20,21)22/h2-9H,1H3,(H,24,26)(H2,23,25,27). The Morgan fingerprint density at radius 2 is 1.79 bits per heavy atom. The van der Waals surface area contributed by atoms with E-state index in [1.165, 1.54) is 31.2 Å². The normalized spacial score (nSPS) is 12.1. The van der Waals surface area contributed by atoms with E-state index in [0.717, 1.165) is 18.2 Å². The fourth-order valence-electron chi connectivity index (χ4n) is 1.97. The molecule has 0 aromatic heterocycles. The lowest BCUT2D eigenvalue weighted by Crippen LogP contribution is -2.48. The molecular weight excluding hydrogens is 422 g/mol. The maximum atomic E-state index is 12.7. The van der Waals surface area contributed by atoms with Gasteiger partial charge in [0.15, 0.2) is 6.10 Å². The third kappa shape index (κ3) is 6.21. The van der Waals surface area contributed by atoms with E-state index in [4.69, 9.17) is 27.9 Å². The van der Waals surface area contributed by atoms with Crippen molar-refractivity contribution in [1.82, 2.24) is 10.9 Å². The lowest BCUT2D eigenvalue weighted by atomic mass is 10.2. The van der Waals surface area contributed by atoms with Crippen molar-refractivity contribution >= 4 is 40.8 Å². The Kier molecular flexibility index (Phi) is 6.98. The summed E-state index contributed by atoms with van der Waals surface area (Å²) in [6.07, 6.45) is -5.58. The molecule has 0 radical (unpaired) electrons. The fraction of sp³-hybridized carbons (Fsp3) is 0.176. The third-order valence-corrected chi connectivity index (χ3v) is 3.84. The van der Waals surface area contributed by atoms with Crippen molar-refractivity contribution in [2.24, 2.45) is 0 Å². The summed E-state index contributed by atoms with van der Waals surface area (Å²) in [6, 6.07) is 7.53. The molecular formula is C17H14Cl2F3N3O3. The highest BCUT2D eigenvalue weighted by Gasteiger charge is 2.30. The van der Waals surface area contributed by atoms with Gasteiger partial charge in [-0.05, 0) is 43.3 Å². The lowest BCUT2D eigenvalue weighted by Gasteiger charge is -2.16. The molecule has 2 aromatic carbocycles. The number of nitrogens with one attached hydrogen (secondary N) is 3. The van der Waals surface area contributed by atoms with Crippen LogP contribution in [0.25, 0.3) is 0 Å². The summed E-state index contributed by atoms with van der Waals surface area (Å²) >= 11 is 11.7. The predicted molar refractivity (Wildman–Crippen MR) is 98.3 cm³/mol. The van der Waals surface area contributed by atoms with Gasteiger partial charge in [0, 0.05) is 10.7 Å². The van der Waals surface area contributed by atoms with E-state index in [0.29, 0.717) is 5.02 Å². The monoisotopic (exact) mass is 435 g/mol. The molecule has 0 spiro atoms. The largest absolute Gasteiger partial charge is 0.479 e. The minimum absolute atomic E-state index is 0.0983. The molecule has 28 heavy (non-hydrogen) atoms. The van der Waals surface area contributed by atoms with E-state index in [9.17, 15) is 22.8 Å². The van der Waals surface area contributed by atoms with Crippen molar-refractivity contribution in [3.05, 3.63) is 58.1 Å². The average Bonchev–Trinajstić information content (AvgIpc) is 2.61. The number of anilines is 1. The molecule has 0 bridgehead atoms. The van der Waals surface area contributed by atoms with Gasteiger partial charge >= 0.3 is 12.2 Å². The Bertz CT molecular complexity index is 878. The van der Waals surface area contributed by atoms with Gasteiger partial charge in [-0.3, -0.25) is 10.2 Å². The maximum absolute atomic E-state index is 12.7. The summed E-state index contributed by atoms with van der Waals surface area (Å²) in [5, 5.41) is 2.76. The number of alkyl halides is 3. The number of carbonyl (C=O) groups is 2. The van der Waals surface area contributed by atoms with Gasteiger partial charge in [0.1, 0.15) is 5.75 Å². The van der Waals surface area contributed by atoms with Crippen LogP contribution >= 0.6 is 23.2 Å². The highest BCUT2D eigenvalue weighted by Crippen LogP contribution is 2.30. The second kappa shape index (κ2) is 9.03. The highest BCUT2D eigenvalue weighted by molar-refractivity contribution is 6.35. The van der Waals surface area contributed by atoms with Crippen LogP contribution in [-0.4, -0.2) is 18.0 Å². The number of amides is 3. The zero-order valence-corrected chi connectivity index (χ0v) is 15.7. The average molecular weight is 436 g/mol. The molecule has 0 aliphatic carbocycles. The molecule has 3 N–H and O–H groups in total. The quantitative estimate of drug-likeness (QED) is 0.612. The number of hydrogen-bond acceptors (Lipinski definition) is 3. The zero-order chi connectivity index (χ0) is 20.9. The number of rotatable bonds is 4. The summed E-state index contributed by atoms with van der Waals surface area (Å²) in [5.74, 6) is -0.507. The second-order valence-electron chi connectivity index (χ2n) is 5.48. The van der Waals surface area contributed by atoms with Crippen LogP contribution in [0.15, 0.2) is 42.5 Å². The van der Waals surface area contributed by atoms with Crippen molar-refractivity contribution in [1.29, 1.82) is 0 Å². The molecule has 2 rings (SSSR count). The van der Waals surface area contributed by atoms with Crippen molar-refractivity contribution in [3.63, 3.8) is 0 Å². The van der Waals surface area contributed by atoms with Crippen LogP contribution in [0.2, 0.25) is 10.0 Å². The lowest BCUT2D eigenvalue weighted by molar-refractivity contribution is -0.137. The van der Waals surface area contributed by atoms with Crippen LogP contribution in [0.1, 0.15) is 12.5 Å². The van der Waals surface area contributed by atoms with Crippen LogP contribution < -0.4 is 20.9 Å². The Labute approximate surface area is 167 Å². The fourth-order valence-corrected chi connectivity index (χ4v) is 2.42. The topological polar surface area (TPSA) is 79.5 Å². The number of ether oxygens (including phenoxy) is 1. The first kappa shape index (κ1) is 21.6. The minimum Gasteiger partial charge on any atom is -0.479 e. The van der Waals surface area contributed by atoms with Crippen LogP contribution in [0, 0.1) is 0 Å². The van der Waals surface area contributed by atoms with Gasteiger partial charge in [0.05, 0.1) is 10.6 Å². The van der Waals surface area contributed by atoms with E-state index in [1.54, 1.807) is 0 Å². The SMILES string of the molecule is CC(Oc1ccc(Cl)cc1Cl)C(=O)NNC(=O)Nc1cccc(C(F)(F)F)c1. The van der Waals surface area contributed by atoms with E-state index in [-0.39, 0.29) is 16.5 Å². The van der Waals surface area contributed by atoms with Crippen molar-refractivity contribution in [2.45, 2.75) is 19.2 Å². The van der Waals surface area contributed by atoms with Crippen LogP contribution in [0.3, 0.4) is 0 Å². The van der Waals surface area contributed by atoms with Gasteiger partial charge in [-0.2, -0.15) is 13.2 Å². The smallest absolute Gasteiger partial charge is 0.416 e. The Morgan fingerprint density at radius 1 is 1.07 bits per heavy atom. The van der Waals surface area contributed by atoms with E-state index >= 15 is 0 Å². The summed E-state index contributed by atoms with van der Waals surface area (Å²) in [6.45, 7) is 1.41. The number of halogens is 5. The van der Waals surface area contributed by atoms with Crippen LogP contribution in [0.5, 0.6) is 5.75 Å². The summed E-state index contributed by atoms with van der Waals surface area (Å²) in [5.41, 5.74) is 3.08. The predicted octanol–water partition coefficient (Wildman–Crippen LogP) is 4.63. The molecule has 0 heterocycles. The number of hydrazine groups is 1. The summed E-state index contributed by atoms with van der Waals surface area (Å²) < 4.78 is 43.4. The molecule has 6 nitrogen and oxygen atoms in total. The van der Waals surface area contributed by atoms with Gasteiger partial charge in [-0.25, -0.2) is 10.2 Å². The van der Waals surface area contributed by atoms with Crippen molar-refractivity contribution < 1.29 is 27.5 Å². The van der Waals surface area contributed by atoms with Crippen molar-refractivity contribution in [2.75, 3.05) is 5.32 Å². The number of benzene rings is 2. The number of hydrogen-bond donors (Lipinski definition) is 3. The molecule has 0 saturated carbocycles. The van der Waals surface area contributed by atoms with Gasteiger partial charge in [0.2, 0.25) is 0 Å². The second-order valence-corrected chi connectivity index (χ2v) is 6.33. The Hall–Kier alpha value is -2.65. The minimum atomic E-state index is -4.54. The van der Waals surface area contributed by atoms with E-state index < -0.39 is 29.8 Å². The van der Waals surface area contributed by atoms with E-state index in [1.807, 2.05) is 5.43 Å². The number of carbonyl (C=O) groups excluding carboxylic acids is 2. The molecule has 1 atom stereocenters. The summed E-state index contributed by atoms with van der Waals surface area (Å²) in [7, 11) is 0. The summed E-state index contributed by atoms with van der Waals surface area (Å²) in [4.78, 5) is 23.7. The molecule has 3 amide bonds. The first-order valence-corrected chi connectivity index (χ1v) is 8.47. The number of urea groups is 1. The first-order chi connectivity index (χ1) is 13.1. The van der Waals surface area contributed by atoms with Crippen molar-refractivity contribution in [3.8, 4) is 5.75 Å². The Balaban J connectivity index is 1.87. The molecule has 1 unspecified atom stereocenters. The van der Waals surface area contributed by atoms with Gasteiger partial charge in [-0.1, -0.05) is 29.3 Å². The van der Waals surface area contributed by atoms with Crippen LogP contribution in [-0.2, 0) is 11.0 Å². The highest BCUT2D eigenvalue weighted by atomic mass is 35.5. The van der Waals surface area contributed by atoms with Crippen LogP contribution in [0.4, 0.5) is 23.7 Å². The molecule has 0 aliphatic heterocycles. The molecule has 150 valence electrons. The molecule has 2 aromatic rings. The van der Waals surface area contributed by atoms with Gasteiger partial charge in [-0.15, -0.1) is 0 Å². The molecule has 11 heteroatoms. The zero-order valence-electron chi connectivity index (χ0n) is 14.2. The first-order valence-electron chi connectivity index (χ1n) is 7.72. The van der Waals surface area contributed by atoms with Gasteiger partial charge < -0.3 is 10.1 Å².